The van der Waals surface area contributed by atoms with Crippen molar-refractivity contribution in [3.63, 3.8) is 0 Å². The van der Waals surface area contributed by atoms with Crippen molar-refractivity contribution < 1.29 is 20.7 Å². The molecule has 0 saturated carbocycles. The zero-order chi connectivity index (χ0) is 16.3. The molecule has 9 heteroatoms. The van der Waals surface area contributed by atoms with Crippen molar-refractivity contribution in [3.8, 4) is 0 Å². The average molecular weight is 338 g/mol. The molecule has 1 aromatic rings. The Morgan fingerprint density at radius 1 is 1.00 bits per heavy atom. The Morgan fingerprint density at radius 2 is 1.57 bits per heavy atom. The van der Waals surface area contributed by atoms with Crippen molar-refractivity contribution in [2.24, 2.45) is 0 Å². The molecule has 0 spiro atoms. The van der Waals surface area contributed by atoms with E-state index in [-0.39, 0.29) is 11.4 Å². The largest absolute Gasteiger partial charge is 0.332 e. The first-order chi connectivity index (χ1) is 9.55. The summed E-state index contributed by atoms with van der Waals surface area (Å²) in [7, 11) is -3.60. The molecule has 0 saturated heterocycles. The second-order valence-corrected chi connectivity index (χ2v) is 8.29. The summed E-state index contributed by atoms with van der Waals surface area (Å²) in [5.74, 6) is 0. The van der Waals surface area contributed by atoms with Crippen LogP contribution in [0.1, 0.15) is 6.42 Å². The molecule has 0 aromatic heterocycles. The van der Waals surface area contributed by atoms with E-state index < -0.39 is 25.1 Å². The van der Waals surface area contributed by atoms with Gasteiger partial charge in [0.15, 0.2) is 0 Å². The quantitative estimate of drug-likeness (QED) is 0.691. The number of nitrogens with zero attached hydrogens (tertiary/aromatic N) is 2. The molecule has 0 aliphatic rings. The molecule has 1 rings (SSSR count). The average Bonchev–Trinajstić information content (AvgIpc) is 2.37. The first kappa shape index (κ1) is 18.0. The van der Waals surface area contributed by atoms with Crippen LogP contribution in [0.15, 0.2) is 34.1 Å². The Labute approximate surface area is 125 Å². The molecular weight excluding hydrogens is 319 g/mol. The van der Waals surface area contributed by atoms with Crippen molar-refractivity contribution in [2.75, 3.05) is 34.2 Å². The van der Waals surface area contributed by atoms with E-state index in [1.165, 1.54) is 19.2 Å². The van der Waals surface area contributed by atoms with E-state index in [9.17, 15) is 20.7 Å². The standard InChI is InChI=1S/C12H19FN2O4S2/c1-14(2)8-5-9-15(3)21(18,19)12-7-4-6-11(10-12)20(13,16)17/h4,6-7,10H,5,8-9H2,1-3H3. The summed E-state index contributed by atoms with van der Waals surface area (Å²) in [5.41, 5.74) is 0. The minimum absolute atomic E-state index is 0.242. The molecule has 120 valence electrons. The van der Waals surface area contributed by atoms with Crippen LogP contribution >= 0.6 is 0 Å². The second-order valence-electron chi connectivity index (χ2n) is 4.90. The Bertz CT molecular complexity index is 687. The fourth-order valence-electron chi connectivity index (χ4n) is 1.70. The fraction of sp³-hybridized carbons (Fsp3) is 0.500. The van der Waals surface area contributed by atoms with Crippen LogP contribution in [0.25, 0.3) is 0 Å². The van der Waals surface area contributed by atoms with E-state index in [2.05, 4.69) is 0 Å². The smallest absolute Gasteiger partial charge is 0.309 e. The summed E-state index contributed by atoms with van der Waals surface area (Å²) in [4.78, 5) is 1.02. The maximum atomic E-state index is 12.9. The van der Waals surface area contributed by atoms with Gasteiger partial charge in [-0.2, -0.15) is 8.42 Å². The fourth-order valence-corrected chi connectivity index (χ4v) is 3.54. The first-order valence-corrected chi connectivity index (χ1v) is 9.03. The van der Waals surface area contributed by atoms with Gasteiger partial charge in [-0.3, -0.25) is 0 Å². The minimum atomic E-state index is -4.93. The van der Waals surface area contributed by atoms with Gasteiger partial charge >= 0.3 is 10.2 Å². The SMILES string of the molecule is CN(C)CCCN(C)S(=O)(=O)c1cccc(S(=O)(=O)F)c1. The lowest BCUT2D eigenvalue weighted by atomic mass is 10.4. The predicted molar refractivity (Wildman–Crippen MR) is 77.7 cm³/mol. The van der Waals surface area contributed by atoms with Gasteiger partial charge in [0.1, 0.15) is 0 Å². The Balaban J connectivity index is 2.97. The van der Waals surface area contributed by atoms with Crippen LogP contribution in [-0.2, 0) is 20.2 Å². The molecule has 0 aliphatic heterocycles. The van der Waals surface area contributed by atoms with Gasteiger partial charge in [-0.1, -0.05) is 6.07 Å². The van der Waals surface area contributed by atoms with E-state index in [1.54, 1.807) is 0 Å². The van der Waals surface area contributed by atoms with E-state index in [1.807, 2.05) is 19.0 Å². The van der Waals surface area contributed by atoms with Crippen LogP contribution < -0.4 is 0 Å². The van der Waals surface area contributed by atoms with Gasteiger partial charge < -0.3 is 4.90 Å². The monoisotopic (exact) mass is 338 g/mol. The van der Waals surface area contributed by atoms with Crippen LogP contribution in [-0.4, -0.2) is 60.3 Å². The number of hydrogen-bond acceptors (Lipinski definition) is 5. The molecule has 0 heterocycles. The van der Waals surface area contributed by atoms with E-state index in [0.717, 1.165) is 23.0 Å². The van der Waals surface area contributed by atoms with Gasteiger partial charge in [-0.05, 0) is 45.3 Å². The van der Waals surface area contributed by atoms with Crippen molar-refractivity contribution in [3.05, 3.63) is 24.3 Å². The minimum Gasteiger partial charge on any atom is -0.309 e. The number of rotatable bonds is 7. The summed E-state index contributed by atoms with van der Waals surface area (Å²) >= 11 is 0. The lowest BCUT2D eigenvalue weighted by Gasteiger charge is -2.18. The van der Waals surface area contributed by atoms with Crippen LogP contribution in [0.4, 0.5) is 3.89 Å². The third kappa shape index (κ3) is 5.03. The molecular formula is C12H19FN2O4S2. The second kappa shape index (κ2) is 6.82. The third-order valence-corrected chi connectivity index (χ3v) is 5.54. The van der Waals surface area contributed by atoms with Crippen molar-refractivity contribution in [2.45, 2.75) is 16.2 Å². The van der Waals surface area contributed by atoms with Crippen molar-refractivity contribution >= 4 is 20.2 Å². The zero-order valence-electron chi connectivity index (χ0n) is 12.2. The van der Waals surface area contributed by atoms with Crippen LogP contribution in [0.5, 0.6) is 0 Å². The summed E-state index contributed by atoms with van der Waals surface area (Å²) in [6, 6.07) is 4.28. The number of halogens is 1. The van der Waals surface area contributed by atoms with Gasteiger partial charge in [0.25, 0.3) is 0 Å². The van der Waals surface area contributed by atoms with Crippen LogP contribution in [0.2, 0.25) is 0 Å². The lowest BCUT2D eigenvalue weighted by molar-refractivity contribution is 0.370. The van der Waals surface area contributed by atoms with Crippen molar-refractivity contribution in [1.82, 2.24) is 9.21 Å². The van der Waals surface area contributed by atoms with Crippen LogP contribution in [0.3, 0.4) is 0 Å². The highest BCUT2D eigenvalue weighted by molar-refractivity contribution is 7.89. The molecule has 21 heavy (non-hydrogen) atoms. The Hall–Kier alpha value is -1.03. The zero-order valence-corrected chi connectivity index (χ0v) is 13.8. The van der Waals surface area contributed by atoms with Gasteiger partial charge in [0, 0.05) is 13.6 Å². The topological polar surface area (TPSA) is 74.8 Å². The van der Waals surface area contributed by atoms with Gasteiger partial charge in [0.2, 0.25) is 10.0 Å². The predicted octanol–water partition coefficient (Wildman–Crippen LogP) is 0.917. The highest BCUT2D eigenvalue weighted by Gasteiger charge is 2.23. The summed E-state index contributed by atoms with van der Waals surface area (Å²) in [6.45, 7) is 1.01. The Morgan fingerprint density at radius 3 is 2.10 bits per heavy atom. The number of benzene rings is 1. The van der Waals surface area contributed by atoms with Crippen molar-refractivity contribution in [1.29, 1.82) is 0 Å². The summed E-state index contributed by atoms with van der Waals surface area (Å²) < 4.78 is 60.3. The molecule has 6 nitrogen and oxygen atoms in total. The summed E-state index contributed by atoms with van der Waals surface area (Å²) in [6.07, 6.45) is 0.629. The van der Waals surface area contributed by atoms with E-state index in [0.29, 0.717) is 6.42 Å². The normalized spacial score (nSPS) is 13.0. The van der Waals surface area contributed by atoms with Gasteiger partial charge in [-0.15, -0.1) is 3.89 Å². The highest BCUT2D eigenvalue weighted by atomic mass is 32.3. The highest BCUT2D eigenvalue weighted by Crippen LogP contribution is 2.20. The van der Waals surface area contributed by atoms with Crippen LogP contribution in [0, 0.1) is 0 Å². The molecule has 0 N–H and O–H groups in total. The molecule has 0 amide bonds. The van der Waals surface area contributed by atoms with Gasteiger partial charge in [-0.25, -0.2) is 12.7 Å². The maximum Gasteiger partial charge on any atom is 0.332 e. The molecule has 1 aromatic carbocycles. The summed E-state index contributed by atoms with van der Waals surface area (Å²) in [5, 5.41) is 0. The van der Waals surface area contributed by atoms with E-state index in [4.69, 9.17) is 0 Å². The Kier molecular flexibility index (Phi) is 5.85. The molecule has 0 unspecified atom stereocenters. The molecule has 0 bridgehead atoms. The molecule has 0 aliphatic carbocycles. The molecule has 0 radical (unpaired) electrons. The number of sulfonamides is 1. The maximum absolute atomic E-state index is 12.9. The molecule has 0 fully saturated rings. The number of hydrogen-bond donors (Lipinski definition) is 0. The first-order valence-electron chi connectivity index (χ1n) is 6.21. The van der Waals surface area contributed by atoms with Gasteiger partial charge in [0.05, 0.1) is 9.79 Å². The van der Waals surface area contributed by atoms with E-state index >= 15 is 0 Å². The molecule has 0 atom stereocenters. The lowest BCUT2D eigenvalue weighted by Crippen LogP contribution is -2.30. The third-order valence-electron chi connectivity index (χ3n) is 2.87.